The van der Waals surface area contributed by atoms with Crippen molar-refractivity contribution in [1.29, 1.82) is 0 Å². The van der Waals surface area contributed by atoms with Crippen molar-refractivity contribution in [2.75, 3.05) is 32.1 Å². The third-order valence-electron chi connectivity index (χ3n) is 2.91. The Bertz CT molecular complexity index is 408. The molecule has 1 aliphatic heterocycles. The Balaban J connectivity index is 2.22. The van der Waals surface area contributed by atoms with Gasteiger partial charge in [-0.15, -0.1) is 0 Å². The van der Waals surface area contributed by atoms with Crippen molar-refractivity contribution in [1.82, 2.24) is 10.4 Å². The van der Waals surface area contributed by atoms with E-state index in [9.17, 15) is 4.79 Å². The number of hydroxylamine groups is 1. The molecule has 0 radical (unpaired) electrons. The fourth-order valence-electron chi connectivity index (χ4n) is 1.94. The fourth-order valence-corrected chi connectivity index (χ4v) is 1.94. The van der Waals surface area contributed by atoms with Crippen LogP contribution in [0.3, 0.4) is 0 Å². The van der Waals surface area contributed by atoms with Crippen molar-refractivity contribution >= 4 is 11.7 Å². The molecule has 1 saturated heterocycles. The number of urea groups is 1. The number of anilines is 1. The molecule has 0 unspecified atom stereocenters. The molecule has 5 heteroatoms. The van der Waals surface area contributed by atoms with Crippen LogP contribution in [0.1, 0.15) is 5.56 Å². The van der Waals surface area contributed by atoms with Crippen molar-refractivity contribution in [3.05, 3.63) is 29.8 Å². The van der Waals surface area contributed by atoms with Gasteiger partial charge in [0.25, 0.3) is 0 Å². The monoisotopic (exact) mass is 235 g/mol. The summed E-state index contributed by atoms with van der Waals surface area (Å²) < 4.78 is 0. The van der Waals surface area contributed by atoms with Crippen LogP contribution in [-0.2, 0) is 11.4 Å². The van der Waals surface area contributed by atoms with Crippen LogP contribution in [-0.4, -0.2) is 38.2 Å². The predicted molar refractivity (Wildman–Crippen MR) is 65.7 cm³/mol. The zero-order valence-corrected chi connectivity index (χ0v) is 10.1. The van der Waals surface area contributed by atoms with E-state index in [0.29, 0.717) is 6.54 Å². The Morgan fingerprint density at radius 2 is 2.12 bits per heavy atom. The molecule has 0 bridgehead atoms. The highest BCUT2D eigenvalue weighted by molar-refractivity contribution is 5.94. The summed E-state index contributed by atoms with van der Waals surface area (Å²) in [5, 5.41) is 0. The molecule has 1 aromatic rings. The van der Waals surface area contributed by atoms with E-state index >= 15 is 0 Å². The number of carbonyl (C=O) groups excluding carboxylic acids is 1. The summed E-state index contributed by atoms with van der Waals surface area (Å²) in [5.41, 5.74) is 4.81. The quantitative estimate of drug-likeness (QED) is 0.798. The van der Waals surface area contributed by atoms with Gasteiger partial charge in [-0.25, -0.2) is 4.79 Å². The molecular weight excluding hydrogens is 218 g/mol. The number of para-hydroxylation sites is 1. The third-order valence-corrected chi connectivity index (χ3v) is 2.91. The second kappa shape index (κ2) is 5.16. The minimum absolute atomic E-state index is 0.0508. The number of hydrogen-bond acceptors (Lipinski definition) is 3. The lowest BCUT2D eigenvalue weighted by molar-refractivity contribution is 0.0868. The number of rotatable bonds is 4. The van der Waals surface area contributed by atoms with E-state index < -0.39 is 0 Å². The molecule has 92 valence electrons. The van der Waals surface area contributed by atoms with Crippen molar-refractivity contribution in [2.24, 2.45) is 0 Å². The Labute approximate surface area is 101 Å². The van der Waals surface area contributed by atoms with Crippen molar-refractivity contribution in [2.45, 2.75) is 6.54 Å². The Hall–Kier alpha value is -1.59. The second-order valence-corrected chi connectivity index (χ2v) is 4.01. The first-order valence-corrected chi connectivity index (χ1v) is 5.60. The molecule has 1 aliphatic rings. The van der Waals surface area contributed by atoms with Crippen LogP contribution < -0.4 is 10.4 Å². The van der Waals surface area contributed by atoms with Crippen LogP contribution in [0.5, 0.6) is 0 Å². The van der Waals surface area contributed by atoms with E-state index in [2.05, 4.69) is 5.48 Å². The number of benzene rings is 1. The van der Waals surface area contributed by atoms with Gasteiger partial charge >= 0.3 is 6.03 Å². The van der Waals surface area contributed by atoms with Crippen LogP contribution in [0.15, 0.2) is 24.3 Å². The highest BCUT2D eigenvalue weighted by Gasteiger charge is 2.27. The number of carbonyl (C=O) groups is 1. The Morgan fingerprint density at radius 1 is 1.35 bits per heavy atom. The zero-order chi connectivity index (χ0) is 12.3. The molecule has 1 heterocycles. The number of nitrogens with zero attached hydrogens (tertiary/aromatic N) is 2. The predicted octanol–water partition coefficient (Wildman–Crippen LogP) is 1.21. The van der Waals surface area contributed by atoms with Crippen LogP contribution in [0.25, 0.3) is 0 Å². The average Bonchev–Trinajstić information content (AvgIpc) is 2.68. The van der Waals surface area contributed by atoms with Gasteiger partial charge < -0.3 is 9.74 Å². The van der Waals surface area contributed by atoms with Gasteiger partial charge in [0.05, 0.1) is 12.8 Å². The summed E-state index contributed by atoms with van der Waals surface area (Å²) >= 11 is 0. The van der Waals surface area contributed by atoms with Gasteiger partial charge in [-0.3, -0.25) is 4.90 Å². The Morgan fingerprint density at radius 3 is 2.76 bits per heavy atom. The Kier molecular flexibility index (Phi) is 3.61. The SMILES string of the molecule is CONCc1ccccc1N1CCN(C)C1=O. The molecule has 1 aromatic carbocycles. The van der Waals surface area contributed by atoms with Gasteiger partial charge in [0.2, 0.25) is 0 Å². The van der Waals surface area contributed by atoms with Gasteiger partial charge in [-0.1, -0.05) is 18.2 Å². The summed E-state index contributed by atoms with van der Waals surface area (Å²) in [6.45, 7) is 2.09. The molecule has 0 spiro atoms. The van der Waals surface area contributed by atoms with Gasteiger partial charge in [0.1, 0.15) is 0 Å². The summed E-state index contributed by atoms with van der Waals surface area (Å²) in [6.07, 6.45) is 0. The van der Waals surface area contributed by atoms with E-state index in [0.717, 1.165) is 24.3 Å². The van der Waals surface area contributed by atoms with Gasteiger partial charge in [0.15, 0.2) is 0 Å². The van der Waals surface area contributed by atoms with E-state index in [1.54, 1.807) is 16.9 Å². The number of likely N-dealkylation sites (N-methyl/N-ethyl adjacent to an activating group) is 1. The topological polar surface area (TPSA) is 44.8 Å². The first kappa shape index (κ1) is 11.9. The standard InChI is InChI=1S/C12H17N3O2/c1-14-7-8-15(12(14)16)11-6-4-3-5-10(11)9-13-17-2/h3-6,13H,7-9H2,1-2H3. The fraction of sp³-hybridized carbons (Fsp3) is 0.417. The minimum atomic E-state index is 0.0508. The van der Waals surface area contributed by atoms with Crippen molar-refractivity contribution < 1.29 is 9.63 Å². The number of amides is 2. The normalized spacial score (nSPS) is 15.8. The lowest BCUT2D eigenvalue weighted by atomic mass is 10.1. The van der Waals surface area contributed by atoms with Crippen LogP contribution in [0.4, 0.5) is 10.5 Å². The largest absolute Gasteiger partial charge is 0.326 e. The molecular formula is C12H17N3O2. The first-order valence-electron chi connectivity index (χ1n) is 5.60. The molecule has 1 fully saturated rings. The van der Waals surface area contributed by atoms with E-state index in [1.165, 1.54) is 0 Å². The molecule has 0 atom stereocenters. The van der Waals surface area contributed by atoms with Gasteiger partial charge in [0, 0.05) is 26.7 Å². The summed E-state index contributed by atoms with van der Waals surface area (Å²) in [5.74, 6) is 0. The van der Waals surface area contributed by atoms with E-state index in [4.69, 9.17) is 4.84 Å². The highest BCUT2D eigenvalue weighted by Crippen LogP contribution is 2.23. The van der Waals surface area contributed by atoms with Crippen molar-refractivity contribution in [3.63, 3.8) is 0 Å². The minimum Gasteiger partial charge on any atom is -0.326 e. The maximum atomic E-state index is 11.9. The van der Waals surface area contributed by atoms with Gasteiger partial charge in [-0.05, 0) is 11.6 Å². The van der Waals surface area contributed by atoms with E-state index in [1.807, 2.05) is 31.3 Å². The lowest BCUT2D eigenvalue weighted by Crippen LogP contribution is -2.30. The molecule has 2 amide bonds. The highest BCUT2D eigenvalue weighted by atomic mass is 16.6. The number of hydrogen-bond donors (Lipinski definition) is 1. The van der Waals surface area contributed by atoms with Crippen molar-refractivity contribution in [3.8, 4) is 0 Å². The number of nitrogens with one attached hydrogen (secondary N) is 1. The maximum Gasteiger partial charge on any atom is 0.324 e. The average molecular weight is 235 g/mol. The second-order valence-electron chi connectivity index (χ2n) is 4.01. The molecule has 17 heavy (non-hydrogen) atoms. The summed E-state index contributed by atoms with van der Waals surface area (Å²) in [4.78, 5) is 20.3. The van der Waals surface area contributed by atoms with Crippen LogP contribution >= 0.6 is 0 Å². The molecule has 2 rings (SSSR count). The first-order chi connectivity index (χ1) is 8.24. The third kappa shape index (κ3) is 2.40. The molecule has 0 aliphatic carbocycles. The lowest BCUT2D eigenvalue weighted by Gasteiger charge is -2.19. The van der Waals surface area contributed by atoms with Crippen LogP contribution in [0, 0.1) is 0 Å². The molecule has 5 nitrogen and oxygen atoms in total. The summed E-state index contributed by atoms with van der Waals surface area (Å²) in [7, 11) is 3.40. The molecule has 1 N–H and O–H groups in total. The van der Waals surface area contributed by atoms with Gasteiger partial charge in [-0.2, -0.15) is 5.48 Å². The zero-order valence-electron chi connectivity index (χ0n) is 10.1. The smallest absolute Gasteiger partial charge is 0.324 e. The molecule has 0 saturated carbocycles. The summed E-state index contributed by atoms with van der Waals surface area (Å²) in [6, 6.07) is 7.91. The van der Waals surface area contributed by atoms with E-state index in [-0.39, 0.29) is 6.03 Å². The molecule has 0 aromatic heterocycles. The van der Waals surface area contributed by atoms with Crippen LogP contribution in [0.2, 0.25) is 0 Å². The maximum absolute atomic E-state index is 11.9.